The van der Waals surface area contributed by atoms with Crippen molar-refractivity contribution in [2.75, 3.05) is 13.1 Å². The molecule has 0 bridgehead atoms. The molecule has 1 saturated heterocycles. The maximum atomic E-state index is 13.5. The Labute approximate surface area is 207 Å². The Balaban J connectivity index is 2.89. The summed E-state index contributed by atoms with van der Waals surface area (Å²) < 4.78 is 0. The van der Waals surface area contributed by atoms with E-state index in [9.17, 15) is 24.3 Å². The standard InChI is InChI=1S/C23H43N7O5/c1-5-14(4)18(29-19(31)15(24)12-13(2)3)21(33)30-11-7-9-17(30)20(32)28-16(22(34)35)8-6-10-27-23(25)26/h13-18H,5-12,24H2,1-4H3,(H,28,32)(H,29,31)(H,34,35)(H4,25,26,27)/t14-,15-,16-,17-,18-/m0/s1. The van der Waals surface area contributed by atoms with E-state index in [1.54, 1.807) is 0 Å². The summed E-state index contributed by atoms with van der Waals surface area (Å²) in [5.41, 5.74) is 11.2. The van der Waals surface area contributed by atoms with Crippen molar-refractivity contribution >= 4 is 29.7 Å². The molecule has 1 rings (SSSR count). The number of hydrogen-bond acceptors (Lipinski definition) is 6. The summed E-state index contributed by atoms with van der Waals surface area (Å²) >= 11 is 0. The van der Waals surface area contributed by atoms with Crippen LogP contribution in [0.2, 0.25) is 0 Å². The van der Waals surface area contributed by atoms with Gasteiger partial charge in [0, 0.05) is 13.1 Å². The molecule has 12 nitrogen and oxygen atoms in total. The summed E-state index contributed by atoms with van der Waals surface area (Å²) in [6.07, 6.45) is 2.64. The van der Waals surface area contributed by atoms with Crippen molar-refractivity contribution < 1.29 is 24.3 Å². The van der Waals surface area contributed by atoms with Gasteiger partial charge < -0.3 is 37.4 Å². The Morgan fingerprint density at radius 2 is 1.83 bits per heavy atom. The quantitative estimate of drug-likeness (QED) is 0.0962. The summed E-state index contributed by atoms with van der Waals surface area (Å²) in [7, 11) is 0. The fourth-order valence-corrected chi connectivity index (χ4v) is 4.09. The maximum absolute atomic E-state index is 13.5. The zero-order chi connectivity index (χ0) is 26.7. The maximum Gasteiger partial charge on any atom is 0.326 e. The van der Waals surface area contributed by atoms with Crippen LogP contribution < -0.4 is 27.4 Å². The molecule has 0 aromatic carbocycles. The fraction of sp³-hybridized carbons (Fsp3) is 0.783. The van der Waals surface area contributed by atoms with E-state index < -0.39 is 42.0 Å². The number of amides is 3. The number of nitrogens with one attached hydrogen (secondary N) is 4. The molecular weight excluding hydrogens is 454 g/mol. The van der Waals surface area contributed by atoms with Gasteiger partial charge in [0.1, 0.15) is 18.1 Å². The minimum absolute atomic E-state index is 0.140. The topological polar surface area (TPSA) is 204 Å². The number of nitrogens with zero attached hydrogens (tertiary/aromatic N) is 1. The molecule has 0 saturated carbocycles. The largest absolute Gasteiger partial charge is 0.480 e. The lowest BCUT2D eigenvalue weighted by Crippen LogP contribution is -2.58. The zero-order valence-corrected chi connectivity index (χ0v) is 21.3. The fourth-order valence-electron chi connectivity index (χ4n) is 4.09. The predicted molar refractivity (Wildman–Crippen MR) is 132 cm³/mol. The molecule has 1 aliphatic heterocycles. The Bertz CT molecular complexity index is 761. The van der Waals surface area contributed by atoms with Gasteiger partial charge in [-0.2, -0.15) is 0 Å². The van der Waals surface area contributed by atoms with E-state index in [1.165, 1.54) is 4.90 Å². The Kier molecular flexibility index (Phi) is 12.5. The van der Waals surface area contributed by atoms with Crippen LogP contribution in [-0.2, 0) is 19.2 Å². The summed E-state index contributed by atoms with van der Waals surface area (Å²) in [4.78, 5) is 52.2. The molecule has 200 valence electrons. The third-order valence-corrected chi connectivity index (χ3v) is 6.28. The molecule has 0 radical (unpaired) electrons. The average molecular weight is 498 g/mol. The number of rotatable bonds is 14. The van der Waals surface area contributed by atoms with Crippen LogP contribution in [-0.4, -0.2) is 76.9 Å². The second kappa shape index (κ2) is 14.5. The van der Waals surface area contributed by atoms with Crippen LogP contribution in [0.5, 0.6) is 0 Å². The van der Waals surface area contributed by atoms with Crippen LogP contribution in [0, 0.1) is 17.2 Å². The summed E-state index contributed by atoms with van der Waals surface area (Å²) in [5, 5.41) is 24.6. The van der Waals surface area contributed by atoms with Crippen LogP contribution in [0.1, 0.15) is 66.2 Å². The summed E-state index contributed by atoms with van der Waals surface area (Å²) in [6, 6.07) is -3.51. The third-order valence-electron chi connectivity index (χ3n) is 6.28. The van der Waals surface area contributed by atoms with Gasteiger partial charge in [-0.05, 0) is 43.9 Å². The molecule has 3 amide bonds. The third kappa shape index (κ3) is 9.71. The number of carboxylic acids is 1. The molecule has 12 heteroatoms. The smallest absolute Gasteiger partial charge is 0.326 e. The lowest BCUT2D eigenvalue weighted by molar-refractivity contribution is -0.145. The molecule has 0 aliphatic carbocycles. The molecule has 0 aromatic heterocycles. The highest BCUT2D eigenvalue weighted by Crippen LogP contribution is 2.22. The van der Waals surface area contributed by atoms with Gasteiger partial charge in [-0.15, -0.1) is 0 Å². The minimum atomic E-state index is -1.18. The van der Waals surface area contributed by atoms with E-state index in [2.05, 4.69) is 16.0 Å². The van der Waals surface area contributed by atoms with Crippen molar-refractivity contribution in [2.45, 2.75) is 90.4 Å². The molecular formula is C23H43N7O5. The molecule has 1 heterocycles. The Hall–Kier alpha value is -2.89. The number of nitrogens with two attached hydrogens (primary N) is 2. The number of carbonyl (C=O) groups is 4. The van der Waals surface area contributed by atoms with E-state index in [-0.39, 0.29) is 30.1 Å². The van der Waals surface area contributed by atoms with Crippen molar-refractivity contribution in [3.63, 3.8) is 0 Å². The first kappa shape index (κ1) is 30.1. The SMILES string of the molecule is CC[C@H](C)[C@H](NC(=O)[C@@H](N)CC(C)C)C(=O)N1CCC[C@H]1C(=O)N[C@@H](CCCNC(=N)N)C(=O)O. The summed E-state index contributed by atoms with van der Waals surface area (Å²) in [6.45, 7) is 8.34. The Morgan fingerprint density at radius 1 is 1.17 bits per heavy atom. The second-order valence-electron chi connectivity index (χ2n) is 9.68. The van der Waals surface area contributed by atoms with E-state index in [1.807, 2.05) is 27.7 Å². The van der Waals surface area contributed by atoms with Crippen molar-refractivity contribution in [3.8, 4) is 0 Å². The average Bonchev–Trinajstić information content (AvgIpc) is 3.27. The normalized spacial score (nSPS) is 18.9. The van der Waals surface area contributed by atoms with E-state index >= 15 is 0 Å². The van der Waals surface area contributed by atoms with Crippen LogP contribution >= 0.6 is 0 Å². The van der Waals surface area contributed by atoms with Crippen molar-refractivity contribution in [2.24, 2.45) is 23.3 Å². The molecule has 1 fully saturated rings. The number of aliphatic carboxylic acids is 1. The van der Waals surface area contributed by atoms with Gasteiger partial charge in [-0.25, -0.2) is 4.79 Å². The van der Waals surface area contributed by atoms with Crippen molar-refractivity contribution in [1.82, 2.24) is 20.9 Å². The van der Waals surface area contributed by atoms with Crippen LogP contribution in [0.15, 0.2) is 0 Å². The van der Waals surface area contributed by atoms with Gasteiger partial charge in [0.2, 0.25) is 17.7 Å². The lowest BCUT2D eigenvalue weighted by Gasteiger charge is -2.32. The van der Waals surface area contributed by atoms with Crippen LogP contribution in [0.4, 0.5) is 0 Å². The zero-order valence-electron chi connectivity index (χ0n) is 21.3. The van der Waals surface area contributed by atoms with E-state index in [0.29, 0.717) is 45.2 Å². The van der Waals surface area contributed by atoms with Gasteiger partial charge in [-0.1, -0.05) is 34.1 Å². The first-order valence-electron chi connectivity index (χ1n) is 12.4. The van der Waals surface area contributed by atoms with E-state index in [4.69, 9.17) is 16.9 Å². The van der Waals surface area contributed by atoms with Gasteiger partial charge in [-0.3, -0.25) is 19.8 Å². The second-order valence-corrected chi connectivity index (χ2v) is 9.68. The van der Waals surface area contributed by atoms with Gasteiger partial charge in [0.15, 0.2) is 5.96 Å². The summed E-state index contributed by atoms with van der Waals surface area (Å²) in [5.74, 6) is -2.64. The number of likely N-dealkylation sites (tertiary alicyclic amines) is 1. The van der Waals surface area contributed by atoms with Crippen molar-refractivity contribution in [1.29, 1.82) is 5.41 Å². The minimum Gasteiger partial charge on any atom is -0.480 e. The van der Waals surface area contributed by atoms with Crippen LogP contribution in [0.25, 0.3) is 0 Å². The molecule has 0 unspecified atom stereocenters. The molecule has 9 N–H and O–H groups in total. The molecule has 0 aromatic rings. The molecule has 35 heavy (non-hydrogen) atoms. The lowest BCUT2D eigenvalue weighted by atomic mass is 9.96. The molecule has 1 aliphatic rings. The molecule has 0 spiro atoms. The highest BCUT2D eigenvalue weighted by Gasteiger charge is 2.40. The van der Waals surface area contributed by atoms with Crippen LogP contribution in [0.3, 0.4) is 0 Å². The number of guanidine groups is 1. The Morgan fingerprint density at radius 3 is 2.37 bits per heavy atom. The molecule has 5 atom stereocenters. The van der Waals surface area contributed by atoms with E-state index in [0.717, 1.165) is 0 Å². The monoisotopic (exact) mass is 497 g/mol. The van der Waals surface area contributed by atoms with Gasteiger partial charge in [0.05, 0.1) is 6.04 Å². The highest BCUT2D eigenvalue weighted by molar-refractivity contribution is 5.94. The van der Waals surface area contributed by atoms with Gasteiger partial charge in [0.25, 0.3) is 0 Å². The number of carbonyl (C=O) groups excluding carboxylic acids is 3. The predicted octanol–water partition coefficient (Wildman–Crippen LogP) is -0.286. The van der Waals surface area contributed by atoms with Gasteiger partial charge >= 0.3 is 5.97 Å². The highest BCUT2D eigenvalue weighted by atomic mass is 16.4. The first-order valence-corrected chi connectivity index (χ1v) is 12.4. The number of carboxylic acid groups (broad SMARTS) is 1. The number of hydrogen-bond donors (Lipinski definition) is 7. The first-order chi connectivity index (χ1) is 16.4. The van der Waals surface area contributed by atoms with Crippen molar-refractivity contribution in [3.05, 3.63) is 0 Å².